The van der Waals surface area contributed by atoms with Crippen LogP contribution in [0.5, 0.6) is 0 Å². The minimum absolute atomic E-state index is 0.0612. The van der Waals surface area contributed by atoms with Gasteiger partial charge in [-0.05, 0) is 48.2 Å². The van der Waals surface area contributed by atoms with Crippen LogP contribution in [0.15, 0.2) is 53.4 Å². The van der Waals surface area contributed by atoms with Crippen molar-refractivity contribution >= 4 is 21.8 Å². The lowest BCUT2D eigenvalue weighted by molar-refractivity contribution is -0.122. The van der Waals surface area contributed by atoms with Gasteiger partial charge in [0, 0.05) is 18.7 Å². The Morgan fingerprint density at radius 2 is 1.60 bits per heavy atom. The third-order valence-corrected chi connectivity index (χ3v) is 7.07. The summed E-state index contributed by atoms with van der Waals surface area (Å²) in [4.78, 5) is 24.1. The number of benzene rings is 2. The molecule has 160 valence electrons. The van der Waals surface area contributed by atoms with E-state index in [1.165, 1.54) is 29.8 Å². The molecule has 1 saturated heterocycles. The van der Waals surface area contributed by atoms with E-state index in [-0.39, 0.29) is 42.4 Å². The quantitative estimate of drug-likeness (QED) is 0.737. The first-order valence-electron chi connectivity index (χ1n) is 9.96. The van der Waals surface area contributed by atoms with E-state index in [0.29, 0.717) is 11.5 Å². The SMILES string of the molecule is CC(C)c1ccc(C(C)NC(=O)c2ccc(S(=O)(=O)N3CCNC(=O)C3)cc2)cc1. The van der Waals surface area contributed by atoms with Crippen LogP contribution in [0.4, 0.5) is 0 Å². The summed E-state index contributed by atoms with van der Waals surface area (Å²) in [6.07, 6.45) is 0. The van der Waals surface area contributed by atoms with E-state index < -0.39 is 10.0 Å². The van der Waals surface area contributed by atoms with Crippen LogP contribution in [0.25, 0.3) is 0 Å². The van der Waals surface area contributed by atoms with E-state index in [2.05, 4.69) is 36.6 Å². The van der Waals surface area contributed by atoms with Crippen molar-refractivity contribution in [3.05, 3.63) is 65.2 Å². The van der Waals surface area contributed by atoms with Gasteiger partial charge in [-0.15, -0.1) is 0 Å². The summed E-state index contributed by atoms with van der Waals surface area (Å²) < 4.78 is 26.5. The maximum Gasteiger partial charge on any atom is 0.251 e. The molecule has 3 rings (SSSR count). The molecule has 1 aliphatic heterocycles. The molecule has 0 aliphatic carbocycles. The Morgan fingerprint density at radius 3 is 2.17 bits per heavy atom. The highest BCUT2D eigenvalue weighted by molar-refractivity contribution is 7.89. The Morgan fingerprint density at radius 1 is 1.00 bits per heavy atom. The molecule has 1 atom stereocenters. The topological polar surface area (TPSA) is 95.6 Å². The highest BCUT2D eigenvalue weighted by Crippen LogP contribution is 2.20. The summed E-state index contributed by atoms with van der Waals surface area (Å²) in [7, 11) is -3.77. The van der Waals surface area contributed by atoms with Crippen molar-refractivity contribution < 1.29 is 18.0 Å². The Labute approximate surface area is 177 Å². The normalized spacial score (nSPS) is 16.2. The van der Waals surface area contributed by atoms with Crippen LogP contribution in [-0.2, 0) is 14.8 Å². The maximum absolute atomic E-state index is 12.7. The molecular weight excluding hydrogens is 402 g/mol. The number of hydrogen-bond donors (Lipinski definition) is 2. The summed E-state index contributed by atoms with van der Waals surface area (Å²) in [5.74, 6) is -0.161. The number of piperazine rings is 1. The smallest absolute Gasteiger partial charge is 0.251 e. The molecule has 2 N–H and O–H groups in total. The van der Waals surface area contributed by atoms with Crippen LogP contribution < -0.4 is 10.6 Å². The van der Waals surface area contributed by atoms with Crippen molar-refractivity contribution in [2.45, 2.75) is 37.6 Å². The zero-order valence-electron chi connectivity index (χ0n) is 17.4. The lowest BCUT2D eigenvalue weighted by atomic mass is 9.99. The second kappa shape index (κ2) is 8.97. The Balaban J connectivity index is 1.68. The zero-order valence-corrected chi connectivity index (χ0v) is 18.2. The van der Waals surface area contributed by atoms with Gasteiger partial charge < -0.3 is 10.6 Å². The largest absolute Gasteiger partial charge is 0.354 e. The molecule has 1 heterocycles. The van der Waals surface area contributed by atoms with E-state index in [4.69, 9.17) is 0 Å². The molecule has 2 aromatic carbocycles. The second-order valence-corrected chi connectivity index (χ2v) is 9.67. The summed E-state index contributed by atoms with van der Waals surface area (Å²) in [5.41, 5.74) is 2.60. The first kappa shape index (κ1) is 22.0. The van der Waals surface area contributed by atoms with Crippen LogP contribution >= 0.6 is 0 Å². The monoisotopic (exact) mass is 429 g/mol. The van der Waals surface area contributed by atoms with Gasteiger partial charge in [-0.1, -0.05) is 38.1 Å². The molecular formula is C22H27N3O4S. The number of rotatable bonds is 6. The number of carbonyl (C=O) groups excluding carboxylic acids is 2. The van der Waals surface area contributed by atoms with Crippen LogP contribution in [0.1, 0.15) is 54.2 Å². The highest BCUT2D eigenvalue weighted by Gasteiger charge is 2.29. The molecule has 7 nitrogen and oxygen atoms in total. The van der Waals surface area contributed by atoms with Gasteiger partial charge in [-0.2, -0.15) is 4.31 Å². The van der Waals surface area contributed by atoms with E-state index in [0.717, 1.165) is 9.87 Å². The first-order chi connectivity index (χ1) is 14.2. The molecule has 8 heteroatoms. The Hall–Kier alpha value is -2.71. The summed E-state index contributed by atoms with van der Waals surface area (Å²) in [6, 6.07) is 13.7. The Kier molecular flexibility index (Phi) is 6.58. The lowest BCUT2D eigenvalue weighted by Gasteiger charge is -2.25. The molecule has 1 fully saturated rings. The van der Waals surface area contributed by atoms with Gasteiger partial charge in [-0.3, -0.25) is 9.59 Å². The van der Waals surface area contributed by atoms with Crippen LogP contribution in [-0.4, -0.2) is 44.2 Å². The number of nitrogens with one attached hydrogen (secondary N) is 2. The molecule has 0 saturated carbocycles. The molecule has 2 amide bonds. The van der Waals surface area contributed by atoms with Gasteiger partial charge in [0.2, 0.25) is 15.9 Å². The molecule has 0 radical (unpaired) electrons. The third kappa shape index (κ3) is 4.88. The average molecular weight is 430 g/mol. The lowest BCUT2D eigenvalue weighted by Crippen LogP contribution is -2.49. The highest BCUT2D eigenvalue weighted by atomic mass is 32.2. The summed E-state index contributed by atoms with van der Waals surface area (Å²) >= 11 is 0. The van der Waals surface area contributed by atoms with Gasteiger partial charge >= 0.3 is 0 Å². The minimum Gasteiger partial charge on any atom is -0.354 e. The van der Waals surface area contributed by atoms with Crippen LogP contribution in [0.3, 0.4) is 0 Å². The number of nitrogens with zero attached hydrogens (tertiary/aromatic N) is 1. The standard InChI is InChI=1S/C22H27N3O4S/c1-15(2)17-4-6-18(7-5-17)16(3)24-22(27)19-8-10-20(11-9-19)30(28,29)25-13-12-23-21(26)14-25/h4-11,15-16H,12-14H2,1-3H3,(H,23,26)(H,24,27). The number of sulfonamides is 1. The number of hydrogen-bond acceptors (Lipinski definition) is 4. The van der Waals surface area contributed by atoms with Crippen molar-refractivity contribution in [3.63, 3.8) is 0 Å². The van der Waals surface area contributed by atoms with E-state index in [9.17, 15) is 18.0 Å². The molecule has 1 aliphatic rings. The predicted molar refractivity (Wildman–Crippen MR) is 115 cm³/mol. The van der Waals surface area contributed by atoms with Gasteiger partial charge in [0.25, 0.3) is 5.91 Å². The minimum atomic E-state index is -3.77. The first-order valence-corrected chi connectivity index (χ1v) is 11.4. The molecule has 1 unspecified atom stereocenters. The molecule has 2 aromatic rings. The van der Waals surface area contributed by atoms with E-state index in [1.807, 2.05) is 19.1 Å². The maximum atomic E-state index is 12.7. The predicted octanol–water partition coefficient (Wildman–Crippen LogP) is 2.42. The van der Waals surface area contributed by atoms with Gasteiger partial charge in [0.05, 0.1) is 17.5 Å². The Bertz CT molecular complexity index is 1020. The van der Waals surface area contributed by atoms with Crippen molar-refractivity contribution in [1.82, 2.24) is 14.9 Å². The van der Waals surface area contributed by atoms with Crippen LogP contribution in [0.2, 0.25) is 0 Å². The molecule has 0 bridgehead atoms. The van der Waals surface area contributed by atoms with Gasteiger partial charge in [0.15, 0.2) is 0 Å². The summed E-state index contributed by atoms with van der Waals surface area (Å²) in [6.45, 7) is 6.48. The van der Waals surface area contributed by atoms with Gasteiger partial charge in [0.1, 0.15) is 0 Å². The van der Waals surface area contributed by atoms with Crippen molar-refractivity contribution in [1.29, 1.82) is 0 Å². The second-order valence-electron chi connectivity index (χ2n) is 7.73. The van der Waals surface area contributed by atoms with E-state index >= 15 is 0 Å². The summed E-state index contributed by atoms with van der Waals surface area (Å²) in [5, 5.41) is 5.54. The molecule has 0 spiro atoms. The number of carbonyl (C=O) groups is 2. The average Bonchev–Trinajstić information content (AvgIpc) is 2.73. The van der Waals surface area contributed by atoms with Crippen molar-refractivity contribution in [2.24, 2.45) is 0 Å². The zero-order chi connectivity index (χ0) is 21.9. The van der Waals surface area contributed by atoms with Crippen molar-refractivity contribution in [2.75, 3.05) is 19.6 Å². The third-order valence-electron chi connectivity index (χ3n) is 5.21. The fraction of sp³-hybridized carbons (Fsp3) is 0.364. The van der Waals surface area contributed by atoms with Crippen molar-refractivity contribution in [3.8, 4) is 0 Å². The van der Waals surface area contributed by atoms with E-state index in [1.54, 1.807) is 0 Å². The molecule has 30 heavy (non-hydrogen) atoms. The van der Waals surface area contributed by atoms with Crippen LogP contribution in [0, 0.1) is 0 Å². The van der Waals surface area contributed by atoms with Gasteiger partial charge in [-0.25, -0.2) is 8.42 Å². The molecule has 0 aromatic heterocycles. The fourth-order valence-corrected chi connectivity index (χ4v) is 4.68. The number of amides is 2. The fourth-order valence-electron chi connectivity index (χ4n) is 3.28.